The van der Waals surface area contributed by atoms with Crippen LogP contribution >= 0.6 is 0 Å². The lowest BCUT2D eigenvalue weighted by Crippen LogP contribution is -2.33. The van der Waals surface area contributed by atoms with Crippen molar-refractivity contribution in [3.63, 3.8) is 0 Å². The van der Waals surface area contributed by atoms with Gasteiger partial charge in [-0.2, -0.15) is 0 Å². The summed E-state index contributed by atoms with van der Waals surface area (Å²) in [6, 6.07) is 8.21. The van der Waals surface area contributed by atoms with Crippen LogP contribution in [0, 0.1) is 0 Å². The molecule has 1 aliphatic heterocycles. The lowest BCUT2D eigenvalue weighted by atomic mass is 10.1. The first-order chi connectivity index (χ1) is 8.28. The van der Waals surface area contributed by atoms with Gasteiger partial charge in [-0.05, 0) is 24.6 Å². The average molecular weight is 233 g/mol. The van der Waals surface area contributed by atoms with E-state index in [1.54, 1.807) is 0 Å². The molecule has 92 valence electrons. The average Bonchev–Trinajstić information content (AvgIpc) is 2.35. The Morgan fingerprint density at radius 2 is 1.82 bits per heavy atom. The van der Waals surface area contributed by atoms with Gasteiger partial charge in [0.2, 0.25) is 0 Å². The minimum Gasteiger partial charge on any atom is -0.494 e. The Kier molecular flexibility index (Phi) is 4.15. The third-order valence-corrected chi connectivity index (χ3v) is 3.05. The van der Waals surface area contributed by atoms with Gasteiger partial charge in [-0.15, -0.1) is 0 Å². The Morgan fingerprint density at radius 1 is 1.18 bits per heavy atom. The molecule has 3 heteroatoms. The van der Waals surface area contributed by atoms with E-state index >= 15 is 0 Å². The van der Waals surface area contributed by atoms with E-state index in [1.807, 2.05) is 19.1 Å². The summed E-state index contributed by atoms with van der Waals surface area (Å²) in [4.78, 5) is 13.5. The van der Waals surface area contributed by atoms with Crippen molar-refractivity contribution in [1.82, 2.24) is 4.90 Å². The van der Waals surface area contributed by atoms with Crippen LogP contribution in [0.3, 0.4) is 0 Å². The molecule has 0 aliphatic carbocycles. The van der Waals surface area contributed by atoms with Crippen molar-refractivity contribution in [3.8, 4) is 5.75 Å². The lowest BCUT2D eigenvalue weighted by molar-refractivity contribution is -0.121. The minimum atomic E-state index is 0.396. The van der Waals surface area contributed by atoms with E-state index in [9.17, 15) is 4.79 Å². The molecule has 0 spiro atoms. The third-order valence-electron chi connectivity index (χ3n) is 3.05. The van der Waals surface area contributed by atoms with Crippen molar-refractivity contribution >= 4 is 5.78 Å². The Labute approximate surface area is 102 Å². The molecule has 17 heavy (non-hydrogen) atoms. The van der Waals surface area contributed by atoms with E-state index in [2.05, 4.69) is 17.0 Å². The number of likely N-dealkylation sites (tertiary alicyclic amines) is 1. The summed E-state index contributed by atoms with van der Waals surface area (Å²) in [6.07, 6.45) is 1.41. The van der Waals surface area contributed by atoms with Crippen molar-refractivity contribution in [2.45, 2.75) is 26.3 Å². The molecule has 0 atom stereocenters. The highest BCUT2D eigenvalue weighted by Gasteiger charge is 2.15. The van der Waals surface area contributed by atoms with Crippen molar-refractivity contribution < 1.29 is 9.53 Å². The summed E-state index contributed by atoms with van der Waals surface area (Å²) in [5.74, 6) is 1.32. The van der Waals surface area contributed by atoms with Gasteiger partial charge >= 0.3 is 0 Å². The summed E-state index contributed by atoms with van der Waals surface area (Å²) < 4.78 is 5.41. The van der Waals surface area contributed by atoms with Gasteiger partial charge in [0.1, 0.15) is 11.5 Å². The van der Waals surface area contributed by atoms with Crippen LogP contribution in [0.1, 0.15) is 25.3 Å². The Balaban J connectivity index is 1.88. The van der Waals surface area contributed by atoms with Gasteiger partial charge in [-0.1, -0.05) is 12.1 Å². The van der Waals surface area contributed by atoms with Gasteiger partial charge in [0.05, 0.1) is 6.61 Å². The zero-order valence-electron chi connectivity index (χ0n) is 10.3. The molecule has 1 heterocycles. The summed E-state index contributed by atoms with van der Waals surface area (Å²) >= 11 is 0. The maximum Gasteiger partial charge on any atom is 0.135 e. The van der Waals surface area contributed by atoms with Crippen molar-refractivity contribution in [1.29, 1.82) is 0 Å². The van der Waals surface area contributed by atoms with E-state index in [4.69, 9.17) is 4.74 Å². The Hall–Kier alpha value is -1.35. The highest BCUT2D eigenvalue weighted by molar-refractivity contribution is 5.79. The smallest absolute Gasteiger partial charge is 0.135 e. The van der Waals surface area contributed by atoms with E-state index in [1.165, 1.54) is 5.56 Å². The largest absolute Gasteiger partial charge is 0.494 e. The molecule has 1 aromatic carbocycles. The molecular formula is C14H19NO2. The van der Waals surface area contributed by atoms with Crippen molar-refractivity contribution in [2.24, 2.45) is 0 Å². The molecule has 0 saturated carbocycles. The predicted octanol–water partition coefficient (Wildman–Crippen LogP) is 2.25. The molecule has 0 bridgehead atoms. The first kappa shape index (κ1) is 12.1. The van der Waals surface area contributed by atoms with E-state index < -0.39 is 0 Å². The van der Waals surface area contributed by atoms with Gasteiger partial charge in [-0.3, -0.25) is 9.69 Å². The van der Waals surface area contributed by atoms with Gasteiger partial charge in [-0.25, -0.2) is 0 Å². The summed E-state index contributed by atoms with van der Waals surface area (Å²) in [5, 5.41) is 0. The molecule has 0 unspecified atom stereocenters. The second-order valence-corrected chi connectivity index (χ2v) is 4.39. The van der Waals surface area contributed by atoms with Crippen LogP contribution in [0.4, 0.5) is 0 Å². The monoisotopic (exact) mass is 233 g/mol. The third kappa shape index (κ3) is 3.56. The van der Waals surface area contributed by atoms with Crippen LogP contribution in [0.5, 0.6) is 5.75 Å². The van der Waals surface area contributed by atoms with Gasteiger partial charge in [0.15, 0.2) is 0 Å². The molecule has 3 nitrogen and oxygen atoms in total. The van der Waals surface area contributed by atoms with Crippen LogP contribution in [0.15, 0.2) is 24.3 Å². The second-order valence-electron chi connectivity index (χ2n) is 4.39. The number of carbonyl (C=O) groups excluding carboxylic acids is 1. The number of rotatable bonds is 4. The number of ether oxygens (including phenoxy) is 1. The highest BCUT2D eigenvalue weighted by atomic mass is 16.5. The fourth-order valence-electron chi connectivity index (χ4n) is 2.08. The minimum absolute atomic E-state index is 0.396. The lowest BCUT2D eigenvalue weighted by Gasteiger charge is -2.25. The maximum absolute atomic E-state index is 11.1. The fraction of sp³-hybridized carbons (Fsp3) is 0.500. The number of piperidine rings is 1. The number of hydrogen-bond acceptors (Lipinski definition) is 3. The molecule has 0 N–H and O–H groups in total. The first-order valence-corrected chi connectivity index (χ1v) is 6.23. The molecule has 0 amide bonds. The normalized spacial score (nSPS) is 17.1. The SMILES string of the molecule is CCOc1ccc(CN2CCC(=O)CC2)cc1. The zero-order chi connectivity index (χ0) is 12.1. The standard InChI is InChI=1S/C14H19NO2/c1-2-17-14-5-3-12(4-6-14)11-15-9-7-13(16)8-10-15/h3-6H,2,7-11H2,1H3. The number of nitrogens with zero attached hydrogens (tertiary/aromatic N) is 1. The zero-order valence-corrected chi connectivity index (χ0v) is 10.3. The highest BCUT2D eigenvalue weighted by Crippen LogP contribution is 2.15. The van der Waals surface area contributed by atoms with E-state index in [0.717, 1.165) is 25.4 Å². The predicted molar refractivity (Wildman–Crippen MR) is 67.1 cm³/mol. The van der Waals surface area contributed by atoms with Crippen LogP contribution in [-0.2, 0) is 11.3 Å². The molecule has 1 aliphatic rings. The van der Waals surface area contributed by atoms with Crippen molar-refractivity contribution in [2.75, 3.05) is 19.7 Å². The molecule has 2 rings (SSSR count). The van der Waals surface area contributed by atoms with Crippen LogP contribution in [0.2, 0.25) is 0 Å². The molecule has 0 aromatic heterocycles. The maximum atomic E-state index is 11.1. The first-order valence-electron chi connectivity index (χ1n) is 6.23. The van der Waals surface area contributed by atoms with E-state index in [0.29, 0.717) is 25.2 Å². The Bertz CT molecular complexity index is 362. The number of benzene rings is 1. The number of hydrogen-bond donors (Lipinski definition) is 0. The quantitative estimate of drug-likeness (QED) is 0.799. The van der Waals surface area contributed by atoms with Gasteiger partial charge in [0, 0.05) is 32.5 Å². The molecule has 1 saturated heterocycles. The van der Waals surface area contributed by atoms with Crippen molar-refractivity contribution in [3.05, 3.63) is 29.8 Å². The topological polar surface area (TPSA) is 29.5 Å². The Morgan fingerprint density at radius 3 is 2.41 bits per heavy atom. The fourth-order valence-corrected chi connectivity index (χ4v) is 2.08. The molecule has 1 aromatic rings. The molecule has 0 radical (unpaired) electrons. The van der Waals surface area contributed by atoms with Gasteiger partial charge in [0.25, 0.3) is 0 Å². The summed E-state index contributed by atoms with van der Waals surface area (Å²) in [7, 11) is 0. The number of carbonyl (C=O) groups is 1. The van der Waals surface area contributed by atoms with Crippen LogP contribution in [-0.4, -0.2) is 30.4 Å². The summed E-state index contributed by atoms with van der Waals surface area (Å²) in [6.45, 7) is 5.41. The summed E-state index contributed by atoms with van der Waals surface area (Å²) in [5.41, 5.74) is 1.28. The van der Waals surface area contributed by atoms with Crippen LogP contribution in [0.25, 0.3) is 0 Å². The number of ketones is 1. The van der Waals surface area contributed by atoms with Crippen LogP contribution < -0.4 is 4.74 Å². The number of Topliss-reactive ketones (excluding diaryl/α,β-unsaturated/α-hetero) is 1. The molecule has 1 fully saturated rings. The van der Waals surface area contributed by atoms with Gasteiger partial charge < -0.3 is 4.74 Å². The van der Waals surface area contributed by atoms with E-state index in [-0.39, 0.29) is 0 Å². The second kappa shape index (κ2) is 5.82. The molecular weight excluding hydrogens is 214 g/mol.